The van der Waals surface area contributed by atoms with Crippen molar-refractivity contribution >= 4 is 23.3 Å². The van der Waals surface area contributed by atoms with Gasteiger partial charge in [-0.1, -0.05) is 23.7 Å². The summed E-state index contributed by atoms with van der Waals surface area (Å²) in [5.74, 6) is -2.94. The Hall–Kier alpha value is -1.46. The van der Waals surface area contributed by atoms with Gasteiger partial charge in [-0.2, -0.15) is 0 Å². The molecule has 1 heterocycles. The number of hydrogen-bond acceptors (Lipinski definition) is 3. The number of carbonyl (C=O) groups excluding carboxylic acids is 1. The summed E-state index contributed by atoms with van der Waals surface area (Å²) in [6, 6.07) is 0.785. The van der Waals surface area contributed by atoms with Gasteiger partial charge in [0, 0.05) is 44.5 Å². The summed E-state index contributed by atoms with van der Waals surface area (Å²) in [6.07, 6.45) is -14.3. The fourth-order valence-corrected chi connectivity index (χ4v) is 3.25. The molecule has 3 rings (SSSR count). The molecule has 3 N–H and O–H groups in total. The minimum atomic E-state index is -3.51. The van der Waals surface area contributed by atoms with E-state index in [1.165, 1.54) is 0 Å². The molecule has 144 valence electrons. The minimum absolute atomic E-state index is 0.00167. The van der Waals surface area contributed by atoms with Gasteiger partial charge in [0.15, 0.2) is 0 Å². The number of amides is 2. The van der Waals surface area contributed by atoms with Gasteiger partial charge in [-0.05, 0) is 62.9 Å². The highest BCUT2D eigenvalue weighted by Gasteiger charge is 2.24. The first-order valence-corrected chi connectivity index (χ1v) is 8.96. The first-order chi connectivity index (χ1) is 16.3. The van der Waals surface area contributed by atoms with Gasteiger partial charge in [-0.3, -0.25) is 4.90 Å². The summed E-state index contributed by atoms with van der Waals surface area (Å²) in [5.41, 5.74) is 6.83. The summed E-state index contributed by atoms with van der Waals surface area (Å²) in [7, 11) is 0. The van der Waals surface area contributed by atoms with Crippen molar-refractivity contribution in [2.45, 2.75) is 44.9 Å². The van der Waals surface area contributed by atoms with Crippen LogP contribution in [0.4, 0.5) is 10.5 Å². The molecule has 6 heteroatoms. The average molecular weight is 389 g/mol. The van der Waals surface area contributed by atoms with Crippen LogP contribution in [0.3, 0.4) is 0 Å². The quantitative estimate of drug-likeness (QED) is 0.812. The number of primary amides is 1. The van der Waals surface area contributed by atoms with Crippen LogP contribution in [0.25, 0.3) is 0 Å². The standard InChI is InChI=1S/C20H31ClN4O/c1-15-3-2-4-18(19(15)21)25-13-11-24(12-14-25)10-9-16-5-7-17(8-6-16)23-20(22)26/h2-4,16-17H,5-14H2,1H3,(H3,22,23,26)/i5D2,6D2,7D2,8D2,16D,17D. The summed E-state index contributed by atoms with van der Waals surface area (Å²) in [5, 5.41) is 2.23. The number of anilines is 1. The summed E-state index contributed by atoms with van der Waals surface area (Å²) >= 11 is 6.43. The molecule has 2 amide bonds. The second kappa shape index (κ2) is 8.96. The lowest BCUT2D eigenvalue weighted by Crippen LogP contribution is -2.47. The molecule has 1 saturated carbocycles. The molecule has 2 aliphatic rings. The van der Waals surface area contributed by atoms with E-state index in [1.54, 1.807) is 5.32 Å². The Morgan fingerprint density at radius 1 is 1.31 bits per heavy atom. The highest BCUT2D eigenvalue weighted by atomic mass is 35.5. The van der Waals surface area contributed by atoms with Gasteiger partial charge in [0.2, 0.25) is 0 Å². The molecule has 1 saturated heterocycles. The van der Waals surface area contributed by atoms with Crippen LogP contribution in [0.1, 0.15) is 51.2 Å². The van der Waals surface area contributed by atoms with E-state index in [1.807, 2.05) is 30.0 Å². The summed E-state index contributed by atoms with van der Waals surface area (Å²) in [6.45, 7) is 4.00. The van der Waals surface area contributed by atoms with E-state index in [4.69, 9.17) is 31.0 Å². The lowest BCUT2D eigenvalue weighted by Gasteiger charge is -2.37. The number of nitrogens with one attached hydrogen (secondary N) is 1. The summed E-state index contributed by atoms with van der Waals surface area (Å²) in [4.78, 5) is 15.4. The zero-order valence-electron chi connectivity index (χ0n) is 24.7. The number of halogens is 1. The Bertz CT molecular complexity index is 988. The number of piperazine rings is 1. The third-order valence-electron chi connectivity index (χ3n) is 4.49. The van der Waals surface area contributed by atoms with Crippen molar-refractivity contribution in [1.29, 1.82) is 0 Å². The number of urea groups is 1. The number of carbonyl (C=O) groups is 1. The SMILES string of the molecule is [2H]C1([2H])C([2H])([2H])C([2H])(NC(N)=O)C([2H])([2H])C([2H])([2H])C1([2H])CCN1CCN(c2cccc(C)c2Cl)CC1. The van der Waals surface area contributed by atoms with Crippen molar-refractivity contribution in [3.63, 3.8) is 0 Å². The molecule has 0 radical (unpaired) electrons. The highest BCUT2D eigenvalue weighted by molar-refractivity contribution is 6.34. The number of benzene rings is 1. The van der Waals surface area contributed by atoms with E-state index in [2.05, 4.69) is 4.90 Å². The van der Waals surface area contributed by atoms with Crippen molar-refractivity contribution in [2.24, 2.45) is 11.6 Å². The molecule has 0 unspecified atom stereocenters. The van der Waals surface area contributed by atoms with E-state index in [-0.39, 0.29) is 6.54 Å². The van der Waals surface area contributed by atoms with Gasteiger partial charge < -0.3 is 16.0 Å². The highest BCUT2D eigenvalue weighted by Crippen LogP contribution is 2.30. The zero-order valence-corrected chi connectivity index (χ0v) is 15.5. The van der Waals surface area contributed by atoms with Crippen molar-refractivity contribution < 1.29 is 18.5 Å². The Morgan fingerprint density at radius 3 is 2.65 bits per heavy atom. The van der Waals surface area contributed by atoms with Crippen LogP contribution in [0, 0.1) is 12.8 Å². The minimum Gasteiger partial charge on any atom is -0.368 e. The van der Waals surface area contributed by atoms with E-state index < -0.39 is 49.9 Å². The molecule has 1 aromatic rings. The molecule has 2 fully saturated rings. The van der Waals surface area contributed by atoms with Crippen molar-refractivity contribution in [1.82, 2.24) is 10.2 Å². The van der Waals surface area contributed by atoms with E-state index in [9.17, 15) is 4.79 Å². The van der Waals surface area contributed by atoms with E-state index in [0.29, 0.717) is 31.2 Å². The van der Waals surface area contributed by atoms with Crippen LogP contribution in [-0.4, -0.2) is 49.7 Å². The first-order valence-electron chi connectivity index (χ1n) is 13.6. The van der Waals surface area contributed by atoms with Crippen LogP contribution >= 0.6 is 11.6 Å². The Kier molecular flexibility index (Phi) is 3.51. The molecule has 0 aromatic heterocycles. The van der Waals surface area contributed by atoms with Gasteiger partial charge in [0.25, 0.3) is 0 Å². The fraction of sp³-hybridized carbons (Fsp3) is 0.650. The maximum absolute atomic E-state index is 11.5. The zero-order chi connectivity index (χ0) is 27.5. The van der Waals surface area contributed by atoms with Gasteiger partial charge in [0.1, 0.15) is 0 Å². The molecule has 1 aliphatic carbocycles. The molecule has 5 nitrogen and oxygen atoms in total. The van der Waals surface area contributed by atoms with Gasteiger partial charge in [0.05, 0.1) is 12.1 Å². The average Bonchev–Trinajstić information content (AvgIpc) is 2.77. The van der Waals surface area contributed by atoms with Gasteiger partial charge >= 0.3 is 6.03 Å². The summed E-state index contributed by atoms with van der Waals surface area (Å²) < 4.78 is 84.3. The van der Waals surface area contributed by atoms with E-state index in [0.717, 1.165) is 11.3 Å². The second-order valence-corrected chi connectivity index (χ2v) is 6.71. The molecule has 26 heavy (non-hydrogen) atoms. The number of hydrogen-bond donors (Lipinski definition) is 2. The van der Waals surface area contributed by atoms with Crippen LogP contribution in [0.2, 0.25) is 5.02 Å². The number of rotatable bonds is 5. The maximum atomic E-state index is 11.5. The molecule has 0 atom stereocenters. The number of aryl methyl sites for hydroxylation is 1. The second-order valence-electron chi connectivity index (χ2n) is 6.33. The Labute approximate surface area is 175 Å². The molecular weight excluding hydrogens is 348 g/mol. The molecule has 0 bridgehead atoms. The van der Waals surface area contributed by atoms with E-state index >= 15 is 0 Å². The van der Waals surface area contributed by atoms with Crippen molar-refractivity contribution in [2.75, 3.05) is 37.6 Å². The van der Waals surface area contributed by atoms with Gasteiger partial charge in [-0.15, -0.1) is 0 Å². The number of nitrogens with two attached hydrogens (primary N) is 1. The Balaban J connectivity index is 1.83. The normalized spacial score (nSPS) is 43.5. The maximum Gasteiger partial charge on any atom is 0.312 e. The lowest BCUT2D eigenvalue weighted by atomic mass is 9.84. The lowest BCUT2D eigenvalue weighted by molar-refractivity contribution is 0.207. The molecular formula is C20H31ClN4O. The van der Waals surface area contributed by atoms with Crippen LogP contribution in [0.5, 0.6) is 0 Å². The van der Waals surface area contributed by atoms with Crippen LogP contribution in [-0.2, 0) is 0 Å². The van der Waals surface area contributed by atoms with Crippen LogP contribution < -0.4 is 16.0 Å². The first kappa shape index (κ1) is 10.2. The van der Waals surface area contributed by atoms with Gasteiger partial charge in [-0.25, -0.2) is 4.79 Å². The third-order valence-corrected chi connectivity index (χ3v) is 4.98. The predicted molar refractivity (Wildman–Crippen MR) is 108 cm³/mol. The fourth-order valence-electron chi connectivity index (χ4n) is 3.01. The van der Waals surface area contributed by atoms with Crippen molar-refractivity contribution in [3.05, 3.63) is 28.8 Å². The van der Waals surface area contributed by atoms with Crippen LogP contribution in [0.15, 0.2) is 18.2 Å². The third kappa shape index (κ3) is 5.04. The molecule has 1 aromatic carbocycles. The number of nitrogens with zero attached hydrogens (tertiary/aromatic N) is 2. The Morgan fingerprint density at radius 2 is 2.00 bits per heavy atom. The molecule has 0 spiro atoms. The molecule has 1 aliphatic heterocycles. The topological polar surface area (TPSA) is 61.6 Å². The predicted octanol–water partition coefficient (Wildman–Crippen LogP) is 3.39. The largest absolute Gasteiger partial charge is 0.368 e. The smallest absolute Gasteiger partial charge is 0.312 e. The monoisotopic (exact) mass is 388 g/mol. The van der Waals surface area contributed by atoms with Crippen molar-refractivity contribution in [3.8, 4) is 0 Å².